The zero-order valence-corrected chi connectivity index (χ0v) is 15.4. The van der Waals surface area contributed by atoms with Crippen LogP contribution in [0.2, 0.25) is 0 Å². The first-order chi connectivity index (χ1) is 10.9. The largest absolute Gasteiger partial charge is 0.449 e. The molecule has 0 aliphatic heterocycles. The van der Waals surface area contributed by atoms with Gasteiger partial charge in [0.1, 0.15) is 0 Å². The Morgan fingerprint density at radius 3 is 2.65 bits per heavy atom. The first kappa shape index (κ1) is 18.0. The van der Waals surface area contributed by atoms with E-state index in [4.69, 9.17) is 4.74 Å². The van der Waals surface area contributed by atoms with E-state index in [0.29, 0.717) is 21.9 Å². The van der Waals surface area contributed by atoms with Crippen molar-refractivity contribution in [2.75, 3.05) is 0 Å². The minimum atomic E-state index is -0.806. The van der Waals surface area contributed by atoms with Gasteiger partial charge in [0.15, 0.2) is 6.10 Å². The second-order valence-electron chi connectivity index (χ2n) is 6.41. The normalized spacial score (nSPS) is 25.5. The van der Waals surface area contributed by atoms with Gasteiger partial charge in [0.25, 0.3) is 5.91 Å². The van der Waals surface area contributed by atoms with E-state index < -0.39 is 12.1 Å². The summed E-state index contributed by atoms with van der Waals surface area (Å²) < 4.78 is 5.96. The molecular weight excluding hydrogens is 358 g/mol. The van der Waals surface area contributed by atoms with Crippen LogP contribution in [0.5, 0.6) is 0 Å². The minimum absolute atomic E-state index is 0.163. The molecule has 5 heteroatoms. The molecule has 0 heterocycles. The summed E-state index contributed by atoms with van der Waals surface area (Å²) in [6.45, 7) is 6.01. The first-order valence-corrected chi connectivity index (χ1v) is 8.95. The second-order valence-corrected chi connectivity index (χ2v) is 7.26. The number of carbonyl (C=O) groups is 2. The van der Waals surface area contributed by atoms with Gasteiger partial charge in [0.05, 0.1) is 5.56 Å². The molecule has 1 N–H and O–H groups in total. The summed E-state index contributed by atoms with van der Waals surface area (Å²) in [5.41, 5.74) is 0.423. The van der Waals surface area contributed by atoms with E-state index in [1.165, 1.54) is 6.42 Å². The lowest BCUT2D eigenvalue weighted by atomic mass is 9.78. The maximum absolute atomic E-state index is 12.3. The topological polar surface area (TPSA) is 55.4 Å². The van der Waals surface area contributed by atoms with Gasteiger partial charge >= 0.3 is 5.97 Å². The highest BCUT2D eigenvalue weighted by molar-refractivity contribution is 9.10. The van der Waals surface area contributed by atoms with E-state index in [2.05, 4.69) is 35.1 Å². The van der Waals surface area contributed by atoms with Crippen LogP contribution < -0.4 is 5.32 Å². The molecule has 1 fully saturated rings. The fourth-order valence-electron chi connectivity index (χ4n) is 2.99. The summed E-state index contributed by atoms with van der Waals surface area (Å²) >= 11 is 3.32. The molecule has 0 spiro atoms. The van der Waals surface area contributed by atoms with Crippen molar-refractivity contribution in [3.8, 4) is 0 Å². The zero-order valence-electron chi connectivity index (χ0n) is 13.8. The van der Waals surface area contributed by atoms with Crippen molar-refractivity contribution >= 4 is 27.8 Å². The van der Waals surface area contributed by atoms with Gasteiger partial charge in [-0.05, 0) is 53.2 Å². The Bertz CT molecular complexity index is 575. The summed E-state index contributed by atoms with van der Waals surface area (Å²) in [6.07, 6.45) is 2.52. The smallest absolute Gasteiger partial charge is 0.340 e. The summed E-state index contributed by atoms with van der Waals surface area (Å²) in [5.74, 6) is 0.326. The number of carbonyl (C=O) groups excluding carboxylic acids is 2. The predicted molar refractivity (Wildman–Crippen MR) is 93.1 cm³/mol. The van der Waals surface area contributed by atoms with E-state index in [0.717, 1.165) is 12.8 Å². The summed E-state index contributed by atoms with van der Waals surface area (Å²) in [7, 11) is 0. The van der Waals surface area contributed by atoms with Crippen molar-refractivity contribution < 1.29 is 14.3 Å². The maximum Gasteiger partial charge on any atom is 0.340 e. The van der Waals surface area contributed by atoms with Crippen LogP contribution in [0.1, 0.15) is 50.4 Å². The Morgan fingerprint density at radius 2 is 1.96 bits per heavy atom. The average Bonchev–Trinajstić information content (AvgIpc) is 2.52. The molecular formula is C18H24BrNO3. The predicted octanol–water partition coefficient (Wildman–Crippen LogP) is 3.94. The molecule has 1 aromatic rings. The average molecular weight is 382 g/mol. The molecule has 1 aromatic carbocycles. The van der Waals surface area contributed by atoms with Crippen molar-refractivity contribution in [3.05, 3.63) is 34.3 Å². The van der Waals surface area contributed by atoms with Crippen molar-refractivity contribution in [1.29, 1.82) is 0 Å². The number of nitrogens with one attached hydrogen (secondary N) is 1. The molecule has 1 aliphatic rings. The lowest BCUT2D eigenvalue weighted by molar-refractivity contribution is -0.130. The molecule has 23 heavy (non-hydrogen) atoms. The highest BCUT2D eigenvalue weighted by atomic mass is 79.9. The number of amides is 1. The first-order valence-electron chi connectivity index (χ1n) is 8.16. The molecule has 1 aliphatic carbocycles. The van der Waals surface area contributed by atoms with Gasteiger partial charge in [-0.15, -0.1) is 0 Å². The van der Waals surface area contributed by atoms with Crippen LogP contribution in [0.15, 0.2) is 28.7 Å². The van der Waals surface area contributed by atoms with Gasteiger partial charge in [0.2, 0.25) is 0 Å². The Labute approximate surface area is 146 Å². The van der Waals surface area contributed by atoms with E-state index in [-0.39, 0.29) is 11.9 Å². The fraction of sp³-hybridized carbons (Fsp3) is 0.556. The molecule has 2 rings (SSSR count). The molecule has 0 bridgehead atoms. The molecule has 1 amide bonds. The van der Waals surface area contributed by atoms with Crippen LogP contribution in [0.3, 0.4) is 0 Å². The third-order valence-electron chi connectivity index (χ3n) is 4.78. The van der Waals surface area contributed by atoms with Crippen LogP contribution in [0.25, 0.3) is 0 Å². The molecule has 0 saturated heterocycles. The highest BCUT2D eigenvalue weighted by Crippen LogP contribution is 2.29. The zero-order chi connectivity index (χ0) is 17.0. The second kappa shape index (κ2) is 7.95. The third-order valence-corrected chi connectivity index (χ3v) is 5.47. The molecule has 126 valence electrons. The third kappa shape index (κ3) is 4.56. The number of rotatable bonds is 4. The van der Waals surface area contributed by atoms with Gasteiger partial charge in [-0.1, -0.05) is 38.8 Å². The summed E-state index contributed by atoms with van der Waals surface area (Å²) in [5, 5.41) is 3.04. The Morgan fingerprint density at radius 1 is 1.26 bits per heavy atom. The fourth-order valence-corrected chi connectivity index (χ4v) is 3.44. The number of hydrogen-bond acceptors (Lipinski definition) is 3. The molecule has 0 aromatic heterocycles. The number of esters is 1. The van der Waals surface area contributed by atoms with Crippen LogP contribution >= 0.6 is 15.9 Å². The molecule has 4 nitrogen and oxygen atoms in total. The number of halogens is 1. The Balaban J connectivity index is 1.92. The highest BCUT2D eigenvalue weighted by Gasteiger charge is 2.30. The Hall–Kier alpha value is -1.36. The lowest BCUT2D eigenvalue weighted by Gasteiger charge is -2.35. The number of benzene rings is 1. The van der Waals surface area contributed by atoms with Gasteiger partial charge in [-0.25, -0.2) is 4.79 Å². The van der Waals surface area contributed by atoms with Gasteiger partial charge in [-0.3, -0.25) is 4.79 Å². The monoisotopic (exact) mass is 381 g/mol. The molecule has 4 atom stereocenters. The maximum atomic E-state index is 12.3. The van der Waals surface area contributed by atoms with Crippen molar-refractivity contribution in [3.63, 3.8) is 0 Å². The van der Waals surface area contributed by atoms with Gasteiger partial charge in [0, 0.05) is 10.5 Å². The number of hydrogen-bond donors (Lipinski definition) is 1. The van der Waals surface area contributed by atoms with E-state index in [9.17, 15) is 9.59 Å². The summed E-state index contributed by atoms with van der Waals surface area (Å²) in [6, 6.07) is 7.18. The van der Waals surface area contributed by atoms with Crippen molar-refractivity contribution in [2.45, 2.75) is 52.2 Å². The van der Waals surface area contributed by atoms with Crippen molar-refractivity contribution in [2.24, 2.45) is 11.8 Å². The SMILES string of the molecule is C[C@@H]1[C@H](C)CCC[C@H]1NC(=O)[C@@H](C)OC(=O)c1ccccc1Br. The quantitative estimate of drug-likeness (QED) is 0.803. The lowest BCUT2D eigenvalue weighted by Crippen LogP contribution is -2.47. The van der Waals surface area contributed by atoms with E-state index in [1.807, 2.05) is 6.07 Å². The van der Waals surface area contributed by atoms with Crippen LogP contribution in [-0.4, -0.2) is 24.0 Å². The van der Waals surface area contributed by atoms with Crippen LogP contribution in [0, 0.1) is 11.8 Å². The van der Waals surface area contributed by atoms with Crippen LogP contribution in [-0.2, 0) is 9.53 Å². The Kier molecular flexibility index (Phi) is 6.22. The van der Waals surface area contributed by atoms with E-state index >= 15 is 0 Å². The molecule has 1 saturated carbocycles. The molecule has 0 radical (unpaired) electrons. The number of ether oxygens (including phenoxy) is 1. The minimum Gasteiger partial charge on any atom is -0.449 e. The molecule has 0 unspecified atom stereocenters. The van der Waals surface area contributed by atoms with Gasteiger partial charge in [-0.2, -0.15) is 0 Å². The standard InChI is InChI=1S/C18H24BrNO3/c1-11-7-6-10-16(12(11)2)20-17(21)13(3)23-18(22)14-8-4-5-9-15(14)19/h4-5,8-9,11-13,16H,6-7,10H2,1-3H3,(H,20,21)/t11-,12-,13-,16-/m1/s1. The summed E-state index contributed by atoms with van der Waals surface area (Å²) in [4.78, 5) is 24.5. The van der Waals surface area contributed by atoms with Gasteiger partial charge < -0.3 is 10.1 Å². The van der Waals surface area contributed by atoms with Crippen molar-refractivity contribution in [1.82, 2.24) is 5.32 Å². The van der Waals surface area contributed by atoms with E-state index in [1.54, 1.807) is 25.1 Å². The van der Waals surface area contributed by atoms with Crippen LogP contribution in [0.4, 0.5) is 0 Å².